The average molecular weight is 454 g/mol. The van der Waals surface area contributed by atoms with Crippen LogP contribution in [-0.2, 0) is 9.78 Å². The van der Waals surface area contributed by atoms with E-state index in [9.17, 15) is 0 Å². The normalized spacial score (nSPS) is 38.5. The standard InChI is InChI=1S/C29H43NO3/c1-2-11-30(12-3-1)13-14-31-27-9-7-23(8-10-27)24-5-4-6-28(20-24)32-33-29-25-16-21-15-22(18-25)19-26(29)17-21/h7-10,21-22,24-26,28-29H,1-6,11-20H2. The van der Waals surface area contributed by atoms with Crippen LogP contribution in [0.25, 0.3) is 0 Å². The fourth-order valence-electron chi connectivity index (χ4n) is 8.02. The molecule has 1 saturated heterocycles. The molecule has 4 nitrogen and oxygen atoms in total. The molecule has 1 aromatic rings. The molecule has 182 valence electrons. The van der Waals surface area contributed by atoms with E-state index in [0.29, 0.717) is 12.0 Å². The molecule has 33 heavy (non-hydrogen) atoms. The van der Waals surface area contributed by atoms with Crippen LogP contribution in [0.4, 0.5) is 0 Å². The Morgan fingerprint density at radius 2 is 1.45 bits per heavy atom. The number of benzene rings is 1. The lowest BCUT2D eigenvalue weighted by atomic mass is 9.55. The van der Waals surface area contributed by atoms with Gasteiger partial charge < -0.3 is 4.74 Å². The maximum absolute atomic E-state index is 6.23. The summed E-state index contributed by atoms with van der Waals surface area (Å²) in [4.78, 5) is 14.9. The van der Waals surface area contributed by atoms with Crippen LogP contribution in [0.15, 0.2) is 24.3 Å². The number of rotatable bonds is 8. The average Bonchev–Trinajstić information content (AvgIpc) is 2.85. The van der Waals surface area contributed by atoms with Crippen molar-refractivity contribution in [3.63, 3.8) is 0 Å². The van der Waals surface area contributed by atoms with Gasteiger partial charge in [0.25, 0.3) is 0 Å². The first kappa shape index (κ1) is 22.4. The lowest BCUT2D eigenvalue weighted by Crippen LogP contribution is -2.49. The monoisotopic (exact) mass is 453 g/mol. The number of piperidine rings is 1. The van der Waals surface area contributed by atoms with E-state index in [2.05, 4.69) is 29.2 Å². The van der Waals surface area contributed by atoms with Crippen molar-refractivity contribution in [2.75, 3.05) is 26.2 Å². The topological polar surface area (TPSA) is 30.9 Å². The Bertz CT molecular complexity index is 731. The first-order chi connectivity index (χ1) is 16.3. The van der Waals surface area contributed by atoms with Crippen molar-refractivity contribution in [2.45, 2.75) is 95.2 Å². The van der Waals surface area contributed by atoms with Crippen molar-refractivity contribution < 1.29 is 14.5 Å². The van der Waals surface area contributed by atoms with E-state index in [1.54, 1.807) is 0 Å². The van der Waals surface area contributed by atoms with Gasteiger partial charge in [0, 0.05) is 6.54 Å². The van der Waals surface area contributed by atoms with Crippen molar-refractivity contribution in [1.29, 1.82) is 0 Å². The molecule has 1 aliphatic heterocycles. The minimum absolute atomic E-state index is 0.251. The maximum Gasteiger partial charge on any atom is 0.119 e. The predicted molar refractivity (Wildman–Crippen MR) is 130 cm³/mol. The molecule has 4 bridgehead atoms. The van der Waals surface area contributed by atoms with Crippen LogP contribution in [0.2, 0.25) is 0 Å². The van der Waals surface area contributed by atoms with Crippen LogP contribution in [0, 0.1) is 23.7 Å². The SMILES string of the molecule is c1cc(C2CCCC(OOC3C4CC5CC(C4)CC3C5)C2)ccc1OCCN1CCCCC1. The lowest BCUT2D eigenvalue weighted by molar-refractivity contribution is -0.384. The van der Waals surface area contributed by atoms with Gasteiger partial charge in [0.05, 0.1) is 12.2 Å². The summed E-state index contributed by atoms with van der Waals surface area (Å²) in [5.74, 6) is 5.09. The summed E-state index contributed by atoms with van der Waals surface area (Å²) in [7, 11) is 0. The zero-order valence-electron chi connectivity index (χ0n) is 20.3. The fraction of sp³-hybridized carbons (Fsp3) is 0.793. The fourth-order valence-corrected chi connectivity index (χ4v) is 8.02. The molecule has 5 aliphatic carbocycles. The largest absolute Gasteiger partial charge is 0.492 e. The van der Waals surface area contributed by atoms with Crippen LogP contribution in [0.3, 0.4) is 0 Å². The van der Waals surface area contributed by atoms with Crippen molar-refractivity contribution >= 4 is 0 Å². The number of nitrogens with zero attached hydrogens (tertiary/aromatic N) is 1. The lowest BCUT2D eigenvalue weighted by Gasteiger charge is -2.53. The van der Waals surface area contributed by atoms with E-state index < -0.39 is 0 Å². The Labute approximate surface area is 200 Å². The first-order valence-electron chi connectivity index (χ1n) is 14.1. The highest BCUT2D eigenvalue weighted by Crippen LogP contribution is 2.54. The summed E-state index contributed by atoms with van der Waals surface area (Å²) in [6.45, 7) is 4.31. The molecule has 2 atom stereocenters. The molecular weight excluding hydrogens is 410 g/mol. The number of likely N-dealkylation sites (tertiary alicyclic amines) is 1. The van der Waals surface area contributed by atoms with E-state index in [0.717, 1.165) is 55.4 Å². The van der Waals surface area contributed by atoms with Crippen molar-refractivity contribution in [2.24, 2.45) is 23.7 Å². The van der Waals surface area contributed by atoms with Crippen LogP contribution in [0.1, 0.15) is 88.5 Å². The zero-order chi connectivity index (χ0) is 22.0. The Morgan fingerprint density at radius 3 is 2.18 bits per heavy atom. The van der Waals surface area contributed by atoms with E-state index in [1.807, 2.05) is 0 Å². The van der Waals surface area contributed by atoms with Crippen molar-refractivity contribution in [1.82, 2.24) is 4.90 Å². The first-order valence-corrected chi connectivity index (χ1v) is 14.1. The summed E-state index contributed by atoms with van der Waals surface area (Å²) in [6.07, 6.45) is 16.5. The Hall–Kier alpha value is -1.10. The molecule has 0 spiro atoms. The smallest absolute Gasteiger partial charge is 0.119 e. The molecular formula is C29H43NO3. The van der Waals surface area contributed by atoms with Gasteiger partial charge in [-0.15, -0.1) is 0 Å². The van der Waals surface area contributed by atoms with E-state index in [1.165, 1.54) is 82.9 Å². The highest BCUT2D eigenvalue weighted by molar-refractivity contribution is 5.29. The number of hydrogen-bond donors (Lipinski definition) is 0. The highest BCUT2D eigenvalue weighted by Gasteiger charge is 2.49. The van der Waals surface area contributed by atoms with Gasteiger partial charge in [-0.1, -0.05) is 25.0 Å². The molecule has 1 heterocycles. The molecule has 0 aromatic heterocycles. The molecule has 0 N–H and O–H groups in total. The highest BCUT2D eigenvalue weighted by atomic mass is 17.2. The Morgan fingerprint density at radius 1 is 0.727 bits per heavy atom. The van der Waals surface area contributed by atoms with Gasteiger partial charge >= 0.3 is 0 Å². The summed E-state index contributed by atoms with van der Waals surface area (Å²) in [5.41, 5.74) is 1.43. The van der Waals surface area contributed by atoms with Crippen molar-refractivity contribution in [3.8, 4) is 5.75 Å². The molecule has 0 radical (unpaired) electrons. The molecule has 6 aliphatic rings. The van der Waals surface area contributed by atoms with Gasteiger partial charge in [-0.3, -0.25) is 4.90 Å². The Kier molecular flexibility index (Phi) is 6.95. The van der Waals surface area contributed by atoms with Crippen LogP contribution in [-0.4, -0.2) is 43.3 Å². The minimum atomic E-state index is 0.251. The van der Waals surface area contributed by atoms with Gasteiger partial charge in [-0.2, -0.15) is 0 Å². The molecule has 0 amide bonds. The second kappa shape index (κ2) is 10.3. The van der Waals surface area contributed by atoms with Gasteiger partial charge in [-0.05, 0) is 125 Å². The third kappa shape index (κ3) is 5.28. The minimum Gasteiger partial charge on any atom is -0.492 e. The van der Waals surface area contributed by atoms with Gasteiger partial charge in [0.15, 0.2) is 0 Å². The quantitative estimate of drug-likeness (QED) is 0.339. The molecule has 1 aromatic carbocycles. The summed E-state index contributed by atoms with van der Waals surface area (Å²) < 4.78 is 6.04. The van der Waals surface area contributed by atoms with Gasteiger partial charge in [0.1, 0.15) is 12.4 Å². The second-order valence-corrected chi connectivity index (χ2v) is 11.9. The number of hydrogen-bond acceptors (Lipinski definition) is 4. The molecule has 4 heteroatoms. The zero-order valence-corrected chi connectivity index (χ0v) is 20.3. The number of ether oxygens (including phenoxy) is 1. The van der Waals surface area contributed by atoms with Crippen LogP contribution >= 0.6 is 0 Å². The molecule has 2 unspecified atom stereocenters. The van der Waals surface area contributed by atoms with Crippen molar-refractivity contribution in [3.05, 3.63) is 29.8 Å². The third-order valence-corrected chi connectivity index (χ3v) is 9.55. The van der Waals surface area contributed by atoms with E-state index in [-0.39, 0.29) is 6.10 Å². The maximum atomic E-state index is 6.23. The second-order valence-electron chi connectivity index (χ2n) is 11.9. The van der Waals surface area contributed by atoms with Crippen LogP contribution < -0.4 is 4.74 Å². The summed E-state index contributed by atoms with van der Waals surface area (Å²) in [5, 5.41) is 0. The summed E-state index contributed by atoms with van der Waals surface area (Å²) in [6, 6.07) is 8.89. The Balaban J connectivity index is 0.963. The van der Waals surface area contributed by atoms with E-state index >= 15 is 0 Å². The van der Waals surface area contributed by atoms with Gasteiger partial charge in [-0.25, -0.2) is 9.78 Å². The van der Waals surface area contributed by atoms with E-state index in [4.69, 9.17) is 14.5 Å². The van der Waals surface area contributed by atoms with Gasteiger partial charge in [0.2, 0.25) is 0 Å². The predicted octanol–water partition coefficient (Wildman–Crippen LogP) is 6.35. The third-order valence-electron chi connectivity index (χ3n) is 9.55. The molecule has 7 rings (SSSR count). The molecule has 5 saturated carbocycles. The van der Waals surface area contributed by atoms with Crippen LogP contribution in [0.5, 0.6) is 5.75 Å². The summed E-state index contributed by atoms with van der Waals surface area (Å²) >= 11 is 0. The molecule has 6 fully saturated rings.